The van der Waals surface area contributed by atoms with Crippen LogP contribution in [0.5, 0.6) is 0 Å². The normalized spacial score (nSPS) is 15.2. The van der Waals surface area contributed by atoms with Gasteiger partial charge in [0.25, 0.3) is 5.91 Å². The number of nitrogens with zero attached hydrogens (tertiary/aromatic N) is 4. The average Bonchev–Trinajstić information content (AvgIpc) is 2.64. The molecule has 0 atom stereocenters. The Bertz CT molecular complexity index is 786. The third-order valence-electron chi connectivity index (χ3n) is 4.38. The lowest BCUT2D eigenvalue weighted by molar-refractivity contribution is 0.102. The Labute approximate surface area is 150 Å². The summed E-state index contributed by atoms with van der Waals surface area (Å²) in [5.74, 6) is -1.88. The van der Waals surface area contributed by atoms with Gasteiger partial charge >= 0.3 is 0 Å². The number of aromatic nitrogens is 2. The minimum Gasteiger partial charge on any atom is -0.338 e. The van der Waals surface area contributed by atoms with Crippen molar-refractivity contribution >= 4 is 17.5 Å². The second kappa shape index (κ2) is 7.74. The van der Waals surface area contributed by atoms with Crippen LogP contribution in [0.4, 0.5) is 20.4 Å². The van der Waals surface area contributed by atoms with E-state index in [9.17, 15) is 13.6 Å². The Kier molecular flexibility index (Phi) is 5.41. The zero-order chi connectivity index (χ0) is 18.7. The third-order valence-corrected chi connectivity index (χ3v) is 4.38. The molecule has 2 aromatic rings. The lowest BCUT2D eigenvalue weighted by atomic mass is 10.2. The summed E-state index contributed by atoms with van der Waals surface area (Å²) in [5, 5.41) is 2.26. The summed E-state index contributed by atoms with van der Waals surface area (Å²) >= 11 is 0. The lowest BCUT2D eigenvalue weighted by Crippen LogP contribution is -2.47. The van der Waals surface area contributed by atoms with Gasteiger partial charge in [0.1, 0.15) is 23.0 Å². The fraction of sp³-hybridized carbons (Fsp3) is 0.389. The second-order valence-corrected chi connectivity index (χ2v) is 6.17. The molecule has 1 saturated heterocycles. The molecule has 1 N–H and O–H groups in total. The van der Waals surface area contributed by atoms with Crippen LogP contribution >= 0.6 is 0 Å². The number of halogens is 2. The number of benzene rings is 1. The number of carbonyl (C=O) groups excluding carboxylic acids is 1. The van der Waals surface area contributed by atoms with Gasteiger partial charge in [-0.2, -0.15) is 0 Å². The summed E-state index contributed by atoms with van der Waals surface area (Å²) in [4.78, 5) is 25.5. The van der Waals surface area contributed by atoms with E-state index in [4.69, 9.17) is 0 Å². The van der Waals surface area contributed by atoms with Gasteiger partial charge in [0.05, 0.1) is 0 Å². The van der Waals surface area contributed by atoms with E-state index in [1.165, 1.54) is 12.1 Å². The molecule has 6 nitrogen and oxygen atoms in total. The first-order valence-corrected chi connectivity index (χ1v) is 8.56. The Balaban J connectivity index is 1.80. The molecule has 8 heteroatoms. The van der Waals surface area contributed by atoms with Gasteiger partial charge in [0.2, 0.25) is 5.95 Å². The van der Waals surface area contributed by atoms with Crippen molar-refractivity contribution in [3.05, 3.63) is 47.3 Å². The smallest absolute Gasteiger partial charge is 0.274 e. The van der Waals surface area contributed by atoms with Gasteiger partial charge in [-0.1, -0.05) is 13.0 Å². The Morgan fingerprint density at radius 3 is 2.42 bits per heavy atom. The highest BCUT2D eigenvalue weighted by atomic mass is 19.1. The topological polar surface area (TPSA) is 61.4 Å². The van der Waals surface area contributed by atoms with Crippen molar-refractivity contribution in [2.75, 3.05) is 42.9 Å². The van der Waals surface area contributed by atoms with E-state index >= 15 is 0 Å². The van der Waals surface area contributed by atoms with E-state index in [0.717, 1.165) is 44.9 Å². The quantitative estimate of drug-likeness (QED) is 0.906. The number of amides is 1. The molecule has 0 spiro atoms. The molecule has 1 aromatic carbocycles. The van der Waals surface area contributed by atoms with E-state index in [-0.39, 0.29) is 5.69 Å². The molecular formula is C18H21F2N5O. The molecule has 1 aromatic heterocycles. The highest BCUT2D eigenvalue weighted by Crippen LogP contribution is 2.19. The number of hydrogen-bond acceptors (Lipinski definition) is 5. The van der Waals surface area contributed by atoms with Crippen molar-refractivity contribution in [3.8, 4) is 0 Å². The standard InChI is InChI=1S/C18H21F2N5O/c1-3-24-7-9-25(10-8-24)18-21-12(2)11-15(22-18)17(26)23-16-13(19)5-4-6-14(16)20/h4-6,11H,3,7-10H2,1-2H3,(H,23,26). The summed E-state index contributed by atoms with van der Waals surface area (Å²) < 4.78 is 27.5. The molecule has 1 fully saturated rings. The predicted molar refractivity (Wildman–Crippen MR) is 95.4 cm³/mol. The van der Waals surface area contributed by atoms with Crippen LogP contribution in [-0.2, 0) is 0 Å². The minimum atomic E-state index is -0.833. The van der Waals surface area contributed by atoms with E-state index in [1.807, 2.05) is 4.90 Å². The van der Waals surface area contributed by atoms with Gasteiger partial charge in [0, 0.05) is 31.9 Å². The maximum absolute atomic E-state index is 13.7. The van der Waals surface area contributed by atoms with E-state index < -0.39 is 23.2 Å². The Morgan fingerprint density at radius 2 is 1.81 bits per heavy atom. The molecule has 1 amide bonds. The van der Waals surface area contributed by atoms with E-state index in [0.29, 0.717) is 11.6 Å². The van der Waals surface area contributed by atoms with Crippen molar-refractivity contribution in [2.24, 2.45) is 0 Å². The summed E-state index contributed by atoms with van der Waals surface area (Å²) in [5.41, 5.74) is 0.215. The van der Waals surface area contributed by atoms with Crippen molar-refractivity contribution < 1.29 is 13.6 Å². The summed E-state index contributed by atoms with van der Waals surface area (Å²) in [6.07, 6.45) is 0. The molecule has 0 radical (unpaired) electrons. The van der Waals surface area contributed by atoms with Crippen LogP contribution in [0.2, 0.25) is 0 Å². The highest BCUT2D eigenvalue weighted by molar-refractivity contribution is 6.03. The number of hydrogen-bond donors (Lipinski definition) is 1. The zero-order valence-electron chi connectivity index (χ0n) is 14.8. The summed E-state index contributed by atoms with van der Waals surface area (Å²) in [6, 6.07) is 4.91. The van der Waals surface area contributed by atoms with Crippen LogP contribution < -0.4 is 10.2 Å². The number of nitrogens with one attached hydrogen (secondary N) is 1. The fourth-order valence-corrected chi connectivity index (χ4v) is 2.87. The van der Waals surface area contributed by atoms with Crippen LogP contribution in [-0.4, -0.2) is 53.5 Å². The van der Waals surface area contributed by atoms with Crippen LogP contribution in [0, 0.1) is 18.6 Å². The van der Waals surface area contributed by atoms with Gasteiger partial charge in [0.15, 0.2) is 0 Å². The highest BCUT2D eigenvalue weighted by Gasteiger charge is 2.21. The Morgan fingerprint density at radius 1 is 1.15 bits per heavy atom. The number of aryl methyl sites for hydroxylation is 1. The number of likely N-dealkylation sites (N-methyl/N-ethyl adjacent to an activating group) is 1. The largest absolute Gasteiger partial charge is 0.338 e. The molecule has 1 aliphatic rings. The third kappa shape index (κ3) is 3.96. The van der Waals surface area contributed by atoms with Crippen LogP contribution in [0.15, 0.2) is 24.3 Å². The van der Waals surface area contributed by atoms with Gasteiger partial charge < -0.3 is 15.1 Å². The molecule has 138 valence electrons. The molecule has 26 heavy (non-hydrogen) atoms. The lowest BCUT2D eigenvalue weighted by Gasteiger charge is -2.34. The van der Waals surface area contributed by atoms with Crippen LogP contribution in [0.25, 0.3) is 0 Å². The molecular weight excluding hydrogens is 340 g/mol. The van der Waals surface area contributed by atoms with Gasteiger partial charge in [-0.3, -0.25) is 4.79 Å². The van der Waals surface area contributed by atoms with Crippen LogP contribution in [0.3, 0.4) is 0 Å². The fourth-order valence-electron chi connectivity index (χ4n) is 2.87. The number of piperazine rings is 1. The number of para-hydroxylation sites is 1. The van der Waals surface area contributed by atoms with E-state index in [2.05, 4.69) is 27.1 Å². The number of carbonyl (C=O) groups is 1. The minimum absolute atomic E-state index is 0.0769. The number of anilines is 2. The van der Waals surface area contributed by atoms with Crippen molar-refractivity contribution in [1.82, 2.24) is 14.9 Å². The zero-order valence-corrected chi connectivity index (χ0v) is 14.8. The van der Waals surface area contributed by atoms with Crippen molar-refractivity contribution in [2.45, 2.75) is 13.8 Å². The Hall–Kier alpha value is -2.61. The first-order valence-electron chi connectivity index (χ1n) is 8.56. The molecule has 0 aliphatic carbocycles. The van der Waals surface area contributed by atoms with Gasteiger partial charge in [-0.15, -0.1) is 0 Å². The number of rotatable bonds is 4. The first-order chi connectivity index (χ1) is 12.5. The molecule has 0 bridgehead atoms. The molecule has 0 unspecified atom stereocenters. The monoisotopic (exact) mass is 361 g/mol. The molecule has 3 rings (SSSR count). The van der Waals surface area contributed by atoms with Crippen molar-refractivity contribution in [1.29, 1.82) is 0 Å². The van der Waals surface area contributed by atoms with Crippen LogP contribution in [0.1, 0.15) is 23.1 Å². The molecule has 0 saturated carbocycles. The van der Waals surface area contributed by atoms with Crippen molar-refractivity contribution in [3.63, 3.8) is 0 Å². The predicted octanol–water partition coefficient (Wildman–Crippen LogP) is 2.46. The van der Waals surface area contributed by atoms with Gasteiger partial charge in [-0.25, -0.2) is 18.7 Å². The average molecular weight is 361 g/mol. The summed E-state index contributed by atoms with van der Waals surface area (Å²) in [7, 11) is 0. The van der Waals surface area contributed by atoms with Gasteiger partial charge in [-0.05, 0) is 31.7 Å². The molecule has 1 aliphatic heterocycles. The summed E-state index contributed by atoms with van der Waals surface area (Å²) in [6.45, 7) is 8.19. The molecule has 2 heterocycles. The second-order valence-electron chi connectivity index (χ2n) is 6.17. The van der Waals surface area contributed by atoms with E-state index in [1.54, 1.807) is 6.92 Å². The maximum Gasteiger partial charge on any atom is 0.274 e. The SMILES string of the molecule is CCN1CCN(c2nc(C)cc(C(=O)Nc3c(F)cccc3F)n2)CC1. The maximum atomic E-state index is 13.7. The first kappa shape index (κ1) is 18.2.